The zero-order valence-corrected chi connectivity index (χ0v) is 15.7. The van der Waals surface area contributed by atoms with Crippen LogP contribution in [0, 0.1) is 25.5 Å². The summed E-state index contributed by atoms with van der Waals surface area (Å²) in [7, 11) is 0. The number of hydrogen-bond acceptors (Lipinski definition) is 4. The molecule has 0 saturated carbocycles. The van der Waals surface area contributed by atoms with Crippen molar-refractivity contribution in [2.75, 3.05) is 0 Å². The van der Waals surface area contributed by atoms with Crippen molar-refractivity contribution in [1.82, 2.24) is 14.5 Å². The maximum Gasteiger partial charge on any atom is 0.362 e. The van der Waals surface area contributed by atoms with E-state index in [4.69, 9.17) is 4.42 Å². The van der Waals surface area contributed by atoms with Crippen LogP contribution in [0.25, 0.3) is 32.9 Å². The van der Waals surface area contributed by atoms with Gasteiger partial charge in [-0.25, -0.2) is 18.6 Å². The van der Waals surface area contributed by atoms with Gasteiger partial charge < -0.3 is 8.98 Å². The second kappa shape index (κ2) is 6.20. The predicted octanol–water partition coefficient (Wildman–Crippen LogP) is 4.63. The van der Waals surface area contributed by atoms with E-state index in [-0.39, 0.29) is 17.8 Å². The van der Waals surface area contributed by atoms with E-state index >= 15 is 0 Å². The summed E-state index contributed by atoms with van der Waals surface area (Å²) in [4.78, 5) is 21.0. The summed E-state index contributed by atoms with van der Waals surface area (Å²) in [6, 6.07) is 8.23. The molecule has 0 radical (unpaired) electrons. The predicted molar refractivity (Wildman–Crippen MR) is 106 cm³/mol. The summed E-state index contributed by atoms with van der Waals surface area (Å²) in [5, 5.41) is 1.95. The molecule has 0 aliphatic carbocycles. The van der Waals surface area contributed by atoms with Gasteiger partial charge in [0.15, 0.2) is 0 Å². The third kappa shape index (κ3) is 2.61. The van der Waals surface area contributed by atoms with Crippen molar-refractivity contribution in [2.24, 2.45) is 0 Å². The molecule has 1 aromatic carbocycles. The number of hydrogen-bond donors (Lipinski definition) is 0. The molecule has 4 aromatic heterocycles. The standard InChI is InChI=1S/C22H15F2N3O2/c1-11-6-15-18(8-16(11)23)27(10-13-7-12(2)26-9-17(13)24)20-19(15)14-4-3-5-25-21(14)29-22(20)28/h3-9H,10H2,1-2H3. The summed E-state index contributed by atoms with van der Waals surface area (Å²) >= 11 is 0. The van der Waals surface area contributed by atoms with E-state index in [1.165, 1.54) is 12.3 Å². The van der Waals surface area contributed by atoms with E-state index < -0.39 is 17.3 Å². The minimum absolute atomic E-state index is 0.0359. The zero-order valence-electron chi connectivity index (χ0n) is 15.7. The van der Waals surface area contributed by atoms with Crippen molar-refractivity contribution < 1.29 is 13.2 Å². The topological polar surface area (TPSA) is 60.9 Å². The van der Waals surface area contributed by atoms with Gasteiger partial charge in [0.2, 0.25) is 5.71 Å². The van der Waals surface area contributed by atoms with Crippen molar-refractivity contribution >= 4 is 32.9 Å². The van der Waals surface area contributed by atoms with Crippen LogP contribution in [0.3, 0.4) is 0 Å². The molecule has 0 fully saturated rings. The monoisotopic (exact) mass is 391 g/mol. The van der Waals surface area contributed by atoms with Crippen LogP contribution >= 0.6 is 0 Å². The van der Waals surface area contributed by atoms with Crippen molar-refractivity contribution in [1.29, 1.82) is 0 Å². The fourth-order valence-electron chi connectivity index (χ4n) is 3.82. The lowest BCUT2D eigenvalue weighted by Crippen LogP contribution is -2.10. The van der Waals surface area contributed by atoms with Gasteiger partial charge in [-0.15, -0.1) is 0 Å². The molecule has 0 bridgehead atoms. The third-order valence-corrected chi connectivity index (χ3v) is 5.17. The number of nitrogens with zero attached hydrogens (tertiary/aromatic N) is 3. The number of halogens is 2. The highest BCUT2D eigenvalue weighted by Crippen LogP contribution is 2.34. The fraction of sp³-hybridized carbons (Fsp3) is 0.136. The Labute approximate surface area is 163 Å². The van der Waals surface area contributed by atoms with Gasteiger partial charge in [0, 0.05) is 33.6 Å². The maximum absolute atomic E-state index is 14.4. The lowest BCUT2D eigenvalue weighted by molar-refractivity contribution is 0.551. The van der Waals surface area contributed by atoms with Gasteiger partial charge in [-0.1, -0.05) is 0 Å². The van der Waals surface area contributed by atoms with E-state index in [1.54, 1.807) is 42.7 Å². The Bertz CT molecular complexity index is 1500. The first-order chi connectivity index (χ1) is 13.9. The van der Waals surface area contributed by atoms with Crippen LogP contribution in [-0.4, -0.2) is 14.5 Å². The maximum atomic E-state index is 14.4. The molecule has 0 aliphatic rings. The van der Waals surface area contributed by atoms with E-state index in [1.807, 2.05) is 0 Å². The molecule has 5 rings (SSSR count). The van der Waals surface area contributed by atoms with Gasteiger partial charge in [0.05, 0.1) is 18.3 Å². The summed E-state index contributed by atoms with van der Waals surface area (Å²) in [5.41, 5.74) is 1.78. The highest BCUT2D eigenvalue weighted by Gasteiger charge is 2.21. The molecular weight excluding hydrogens is 376 g/mol. The first-order valence-electron chi connectivity index (χ1n) is 9.05. The van der Waals surface area contributed by atoms with Gasteiger partial charge >= 0.3 is 5.63 Å². The van der Waals surface area contributed by atoms with Crippen LogP contribution in [0.4, 0.5) is 8.78 Å². The minimum Gasteiger partial charge on any atom is -0.402 e. The van der Waals surface area contributed by atoms with E-state index in [9.17, 15) is 13.6 Å². The summed E-state index contributed by atoms with van der Waals surface area (Å²) in [6.07, 6.45) is 2.68. The van der Waals surface area contributed by atoms with Gasteiger partial charge in [0.1, 0.15) is 17.2 Å². The quantitative estimate of drug-likeness (QED) is 0.440. The van der Waals surface area contributed by atoms with Crippen LogP contribution in [0.15, 0.2) is 51.9 Å². The van der Waals surface area contributed by atoms with E-state index in [2.05, 4.69) is 9.97 Å². The highest BCUT2D eigenvalue weighted by molar-refractivity contribution is 6.18. The number of pyridine rings is 2. The molecule has 0 aliphatic heterocycles. The van der Waals surface area contributed by atoms with Crippen LogP contribution in [0.2, 0.25) is 0 Å². The normalized spacial score (nSPS) is 11.7. The lowest BCUT2D eigenvalue weighted by atomic mass is 10.1. The lowest BCUT2D eigenvalue weighted by Gasteiger charge is -2.09. The van der Waals surface area contributed by atoms with Gasteiger partial charge in [0.25, 0.3) is 0 Å². The van der Waals surface area contributed by atoms with Gasteiger partial charge in [-0.2, -0.15) is 0 Å². The zero-order chi connectivity index (χ0) is 20.3. The number of rotatable bonds is 2. The number of aryl methyl sites for hydroxylation is 2. The molecular formula is C22H15F2N3O2. The smallest absolute Gasteiger partial charge is 0.362 e. The van der Waals surface area contributed by atoms with Crippen LogP contribution in [0.5, 0.6) is 0 Å². The van der Waals surface area contributed by atoms with Crippen LogP contribution in [-0.2, 0) is 6.54 Å². The SMILES string of the molecule is Cc1cc(Cn2c3cc(F)c(C)cc3c3c4cccnc4oc(=O)c32)c(F)cn1. The summed E-state index contributed by atoms with van der Waals surface area (Å²) in [5.74, 6) is -0.898. The first-order valence-corrected chi connectivity index (χ1v) is 9.05. The molecule has 0 spiro atoms. The largest absolute Gasteiger partial charge is 0.402 e. The molecule has 0 amide bonds. The Morgan fingerprint density at radius 3 is 2.72 bits per heavy atom. The average molecular weight is 391 g/mol. The van der Waals surface area contributed by atoms with Crippen LogP contribution < -0.4 is 5.63 Å². The Hall–Kier alpha value is -3.61. The molecule has 5 nitrogen and oxygen atoms in total. The van der Waals surface area contributed by atoms with Crippen molar-refractivity contribution in [3.8, 4) is 0 Å². The van der Waals surface area contributed by atoms with Crippen molar-refractivity contribution in [3.05, 3.63) is 81.6 Å². The number of aromatic nitrogens is 3. The molecule has 0 unspecified atom stereocenters. The summed E-state index contributed by atoms with van der Waals surface area (Å²) < 4.78 is 35.9. The molecule has 0 atom stereocenters. The molecule has 144 valence electrons. The summed E-state index contributed by atoms with van der Waals surface area (Å²) in [6.45, 7) is 3.45. The number of fused-ring (bicyclic) bond motifs is 5. The van der Waals surface area contributed by atoms with Crippen molar-refractivity contribution in [2.45, 2.75) is 20.4 Å². The number of benzene rings is 1. The Balaban J connectivity index is 1.96. The molecule has 5 aromatic rings. The first kappa shape index (κ1) is 17.5. The van der Waals surface area contributed by atoms with E-state index in [0.29, 0.717) is 38.5 Å². The van der Waals surface area contributed by atoms with Gasteiger partial charge in [-0.3, -0.25) is 4.98 Å². The van der Waals surface area contributed by atoms with Crippen molar-refractivity contribution in [3.63, 3.8) is 0 Å². The average Bonchev–Trinajstić information content (AvgIpc) is 2.99. The van der Waals surface area contributed by atoms with Gasteiger partial charge in [-0.05, 0) is 49.7 Å². The molecule has 7 heteroatoms. The molecule has 0 N–H and O–H groups in total. The Morgan fingerprint density at radius 1 is 1.07 bits per heavy atom. The highest BCUT2D eigenvalue weighted by atomic mass is 19.1. The Kier molecular flexibility index (Phi) is 3.74. The van der Waals surface area contributed by atoms with E-state index in [0.717, 1.165) is 6.20 Å². The molecule has 0 saturated heterocycles. The Morgan fingerprint density at radius 2 is 1.90 bits per heavy atom. The third-order valence-electron chi connectivity index (χ3n) is 5.17. The minimum atomic E-state index is -0.605. The second-order valence-electron chi connectivity index (χ2n) is 7.09. The second-order valence-corrected chi connectivity index (χ2v) is 7.09. The molecule has 29 heavy (non-hydrogen) atoms. The molecule has 4 heterocycles. The fourth-order valence-corrected chi connectivity index (χ4v) is 3.82. The van der Waals surface area contributed by atoms with Crippen LogP contribution in [0.1, 0.15) is 16.8 Å².